The Bertz CT molecular complexity index is 319. The summed E-state index contributed by atoms with van der Waals surface area (Å²) in [6.45, 7) is 6.17. The molecule has 0 saturated carbocycles. The van der Waals surface area contributed by atoms with E-state index in [1.807, 2.05) is 0 Å². The molecule has 0 radical (unpaired) electrons. The van der Waals surface area contributed by atoms with Crippen molar-refractivity contribution in [2.75, 3.05) is 27.1 Å². The van der Waals surface area contributed by atoms with Crippen molar-refractivity contribution in [3.05, 3.63) is 0 Å². The lowest BCUT2D eigenvalue weighted by atomic mass is 10.1. The van der Waals surface area contributed by atoms with Crippen LogP contribution in [0.1, 0.15) is 78.6 Å². The van der Waals surface area contributed by atoms with E-state index in [-0.39, 0.29) is 4.75 Å². The third-order valence-corrected chi connectivity index (χ3v) is 9.29. The van der Waals surface area contributed by atoms with Crippen LogP contribution in [0.4, 0.5) is 0 Å². The van der Waals surface area contributed by atoms with Crippen molar-refractivity contribution in [3.8, 4) is 0 Å². The maximum absolute atomic E-state index is 11.9. The molecule has 1 unspecified atom stereocenters. The zero-order valence-corrected chi connectivity index (χ0v) is 18.6. The van der Waals surface area contributed by atoms with E-state index in [1.54, 1.807) is 21.3 Å². The number of hydrogen-bond acceptors (Lipinski definition) is 4. The van der Waals surface area contributed by atoms with E-state index >= 15 is 0 Å². The van der Waals surface area contributed by atoms with E-state index in [0.717, 1.165) is 24.6 Å². The van der Waals surface area contributed by atoms with Gasteiger partial charge in [0.1, 0.15) is 0 Å². The smallest absolute Gasteiger partial charge is 0.377 e. The minimum atomic E-state index is -2.36. The standard InChI is InChI=1S/C18H40O4SSi/c1-18(2,3)23(19)16-14-12-10-8-7-9-11-13-15-17-24(20-4,21-5)22-6/h7-17H2,1-6H3. The van der Waals surface area contributed by atoms with Crippen LogP contribution >= 0.6 is 0 Å². The first kappa shape index (κ1) is 24.2. The van der Waals surface area contributed by atoms with Crippen LogP contribution in [-0.4, -0.2) is 44.8 Å². The molecule has 146 valence electrons. The largest absolute Gasteiger partial charge is 0.500 e. The van der Waals surface area contributed by atoms with Gasteiger partial charge in [-0.2, -0.15) is 0 Å². The highest BCUT2D eigenvalue weighted by Crippen LogP contribution is 2.19. The number of unbranched alkanes of at least 4 members (excludes halogenated alkanes) is 8. The first-order valence-corrected chi connectivity index (χ1v) is 12.6. The van der Waals surface area contributed by atoms with Crippen molar-refractivity contribution in [2.45, 2.75) is 89.3 Å². The molecular formula is C18H40O4SSi. The lowest BCUT2D eigenvalue weighted by molar-refractivity contribution is 0.122. The molecule has 0 aliphatic rings. The lowest BCUT2D eigenvalue weighted by Gasteiger charge is -2.24. The second-order valence-corrected chi connectivity index (χ2v) is 12.8. The maximum atomic E-state index is 11.9. The Kier molecular flexibility index (Phi) is 13.6. The summed E-state index contributed by atoms with van der Waals surface area (Å²) in [4.78, 5) is 0. The molecule has 0 aromatic rings. The molecule has 0 heterocycles. The van der Waals surface area contributed by atoms with Gasteiger partial charge in [0.2, 0.25) is 0 Å². The van der Waals surface area contributed by atoms with Gasteiger partial charge in [-0.3, -0.25) is 4.21 Å². The Morgan fingerprint density at radius 1 is 0.708 bits per heavy atom. The van der Waals surface area contributed by atoms with E-state index in [4.69, 9.17) is 13.3 Å². The predicted octanol–water partition coefficient (Wildman–Crippen LogP) is 4.92. The quantitative estimate of drug-likeness (QED) is 0.299. The van der Waals surface area contributed by atoms with Crippen LogP contribution in [0.2, 0.25) is 6.04 Å². The van der Waals surface area contributed by atoms with Gasteiger partial charge in [-0.25, -0.2) is 0 Å². The third kappa shape index (κ3) is 11.0. The topological polar surface area (TPSA) is 44.8 Å². The molecule has 1 atom stereocenters. The fourth-order valence-electron chi connectivity index (χ4n) is 2.67. The molecule has 0 aromatic heterocycles. The van der Waals surface area contributed by atoms with Crippen LogP contribution in [0, 0.1) is 0 Å². The van der Waals surface area contributed by atoms with Crippen LogP contribution in [-0.2, 0) is 24.1 Å². The molecule has 0 aliphatic heterocycles. The summed E-state index contributed by atoms with van der Waals surface area (Å²) in [5.41, 5.74) is 0. The summed E-state index contributed by atoms with van der Waals surface area (Å²) in [6.07, 6.45) is 11.1. The van der Waals surface area contributed by atoms with Gasteiger partial charge in [0.05, 0.1) is 0 Å². The zero-order chi connectivity index (χ0) is 18.5. The molecule has 24 heavy (non-hydrogen) atoms. The molecule has 0 amide bonds. The SMILES string of the molecule is CO[Si](CCCCCCCCCCCS(=O)C(C)(C)C)(OC)OC. The molecule has 0 N–H and O–H groups in total. The molecule has 4 nitrogen and oxygen atoms in total. The van der Waals surface area contributed by atoms with Crippen LogP contribution in [0.15, 0.2) is 0 Å². The first-order chi connectivity index (χ1) is 11.3. The van der Waals surface area contributed by atoms with Crippen molar-refractivity contribution >= 4 is 19.6 Å². The Hall–Kier alpha value is 0.247. The average Bonchev–Trinajstić information content (AvgIpc) is 2.55. The fraction of sp³-hybridized carbons (Fsp3) is 1.00. The van der Waals surface area contributed by atoms with Gasteiger partial charge in [0.15, 0.2) is 0 Å². The van der Waals surface area contributed by atoms with Crippen LogP contribution in [0.5, 0.6) is 0 Å². The third-order valence-electron chi connectivity index (χ3n) is 4.43. The molecule has 0 bridgehead atoms. The molecule has 6 heteroatoms. The minimum absolute atomic E-state index is 0.0606. The summed E-state index contributed by atoms with van der Waals surface area (Å²) in [5, 5.41) is 0. The molecular weight excluding hydrogens is 340 g/mol. The second-order valence-electron chi connectivity index (χ2n) is 7.39. The summed E-state index contributed by atoms with van der Waals surface area (Å²) in [7, 11) is 1.99. The Balaban J connectivity index is 3.45. The van der Waals surface area contributed by atoms with E-state index in [2.05, 4.69) is 20.8 Å². The number of hydrogen-bond donors (Lipinski definition) is 0. The molecule has 0 rings (SSSR count). The fourth-order valence-corrected chi connectivity index (χ4v) is 5.55. The van der Waals surface area contributed by atoms with Crippen LogP contribution in [0.3, 0.4) is 0 Å². The highest BCUT2D eigenvalue weighted by Gasteiger charge is 2.36. The predicted molar refractivity (Wildman–Crippen MR) is 106 cm³/mol. The van der Waals surface area contributed by atoms with Gasteiger partial charge in [0.25, 0.3) is 0 Å². The molecule has 0 spiro atoms. The van der Waals surface area contributed by atoms with Crippen molar-refractivity contribution in [3.63, 3.8) is 0 Å². The van der Waals surface area contributed by atoms with Gasteiger partial charge in [0, 0.05) is 48.7 Å². The first-order valence-electron chi connectivity index (χ1n) is 9.35. The van der Waals surface area contributed by atoms with Crippen LogP contribution < -0.4 is 0 Å². The summed E-state index contributed by atoms with van der Waals surface area (Å²) >= 11 is 0. The highest BCUT2D eigenvalue weighted by atomic mass is 32.2. The second kappa shape index (κ2) is 13.5. The number of rotatable bonds is 15. The zero-order valence-electron chi connectivity index (χ0n) is 16.8. The Morgan fingerprint density at radius 2 is 1.08 bits per heavy atom. The van der Waals surface area contributed by atoms with E-state index in [0.29, 0.717) is 0 Å². The normalized spacial score (nSPS) is 14.1. The van der Waals surface area contributed by atoms with Crippen molar-refractivity contribution in [1.29, 1.82) is 0 Å². The van der Waals surface area contributed by atoms with Crippen molar-refractivity contribution < 1.29 is 17.5 Å². The molecule has 0 saturated heterocycles. The van der Waals surface area contributed by atoms with Gasteiger partial charge < -0.3 is 13.3 Å². The maximum Gasteiger partial charge on any atom is 0.500 e. The van der Waals surface area contributed by atoms with Crippen molar-refractivity contribution in [1.82, 2.24) is 0 Å². The monoisotopic (exact) mass is 380 g/mol. The van der Waals surface area contributed by atoms with Gasteiger partial charge in [-0.1, -0.05) is 44.9 Å². The average molecular weight is 381 g/mol. The minimum Gasteiger partial charge on any atom is -0.377 e. The van der Waals surface area contributed by atoms with Crippen LogP contribution in [0.25, 0.3) is 0 Å². The Labute approximate surface area is 153 Å². The van der Waals surface area contributed by atoms with E-state index in [9.17, 15) is 4.21 Å². The van der Waals surface area contributed by atoms with Gasteiger partial charge in [-0.05, 0) is 33.6 Å². The van der Waals surface area contributed by atoms with Gasteiger partial charge in [-0.15, -0.1) is 0 Å². The van der Waals surface area contributed by atoms with E-state index < -0.39 is 19.6 Å². The molecule has 0 aliphatic carbocycles. The molecule has 0 aromatic carbocycles. The Morgan fingerprint density at radius 3 is 1.46 bits per heavy atom. The van der Waals surface area contributed by atoms with Gasteiger partial charge >= 0.3 is 8.80 Å². The summed E-state index contributed by atoms with van der Waals surface area (Å²) in [5.74, 6) is 0.855. The summed E-state index contributed by atoms with van der Waals surface area (Å²) < 4.78 is 28.2. The van der Waals surface area contributed by atoms with Crippen molar-refractivity contribution in [2.24, 2.45) is 0 Å². The summed E-state index contributed by atoms with van der Waals surface area (Å²) in [6, 6.07) is 0.904. The lowest BCUT2D eigenvalue weighted by Crippen LogP contribution is -2.42. The van der Waals surface area contributed by atoms with E-state index in [1.165, 1.54) is 44.9 Å². The highest BCUT2D eigenvalue weighted by molar-refractivity contribution is 7.86. The molecule has 0 fully saturated rings.